The molecule has 1 aromatic heterocycles. The molecule has 0 radical (unpaired) electrons. The maximum atomic E-state index is 12.5. The van der Waals surface area contributed by atoms with E-state index in [1.165, 1.54) is 4.80 Å². The molecule has 4 aromatic rings. The molecule has 188 valence electrons. The third-order valence-electron chi connectivity index (χ3n) is 5.53. The van der Waals surface area contributed by atoms with E-state index in [1.54, 1.807) is 36.4 Å². The molecule has 0 aliphatic rings. The van der Waals surface area contributed by atoms with Gasteiger partial charge in [0, 0.05) is 11.1 Å². The first-order valence-electron chi connectivity index (χ1n) is 11.5. The van der Waals surface area contributed by atoms with Gasteiger partial charge in [-0.2, -0.15) is 4.80 Å². The van der Waals surface area contributed by atoms with Crippen LogP contribution in [0.4, 0.5) is 4.79 Å². The fraction of sp³-hybridized carbons (Fsp3) is 0.154. The van der Waals surface area contributed by atoms with Crippen LogP contribution < -0.4 is 21.9 Å². The Kier molecular flexibility index (Phi) is 7.84. The minimum atomic E-state index is -0.750. The van der Waals surface area contributed by atoms with E-state index in [0.29, 0.717) is 17.9 Å². The molecule has 1 heterocycles. The number of urea groups is 1. The molecule has 37 heavy (non-hydrogen) atoms. The lowest BCUT2D eigenvalue weighted by Crippen LogP contribution is -2.44. The predicted molar refractivity (Wildman–Crippen MR) is 136 cm³/mol. The van der Waals surface area contributed by atoms with Crippen LogP contribution in [0.1, 0.15) is 39.5 Å². The van der Waals surface area contributed by atoms with Crippen LogP contribution >= 0.6 is 0 Å². The normalized spacial score (nSPS) is 11.4. The second kappa shape index (κ2) is 11.6. The van der Waals surface area contributed by atoms with Gasteiger partial charge in [0.1, 0.15) is 0 Å². The summed E-state index contributed by atoms with van der Waals surface area (Å²) in [5.74, 6) is -0.446. The number of hydrazine groups is 1. The number of benzene rings is 3. The minimum absolute atomic E-state index is 0.110. The topological polar surface area (TPSA) is 157 Å². The van der Waals surface area contributed by atoms with Gasteiger partial charge in [-0.25, -0.2) is 4.79 Å². The van der Waals surface area contributed by atoms with Crippen LogP contribution in [0.15, 0.2) is 78.9 Å². The third kappa shape index (κ3) is 6.98. The number of carbonyl (C=O) groups is 3. The van der Waals surface area contributed by atoms with Crippen LogP contribution in [0, 0.1) is 6.92 Å². The average molecular weight is 499 g/mol. The molecule has 0 aliphatic heterocycles. The Bertz CT molecular complexity index is 1370. The van der Waals surface area contributed by atoms with Gasteiger partial charge >= 0.3 is 6.03 Å². The molecule has 0 bridgehead atoms. The number of nitrogens with two attached hydrogens (primary N) is 1. The van der Waals surface area contributed by atoms with E-state index in [1.807, 2.05) is 49.4 Å². The number of nitrogens with zero attached hydrogens (tertiary/aromatic N) is 4. The SMILES string of the molecule is Cc1ccc(C(CC(=O)NNC(=O)c2ccc(Cn3nnc(-c4ccccc4)n3)cc2)NC(N)=O)cc1. The number of amides is 4. The highest BCUT2D eigenvalue weighted by Crippen LogP contribution is 2.17. The van der Waals surface area contributed by atoms with Crippen molar-refractivity contribution in [2.24, 2.45) is 5.73 Å². The predicted octanol–water partition coefficient (Wildman–Crippen LogP) is 2.26. The Morgan fingerprint density at radius 2 is 1.62 bits per heavy atom. The monoisotopic (exact) mass is 498 g/mol. The van der Waals surface area contributed by atoms with Gasteiger partial charge in [0.2, 0.25) is 11.7 Å². The number of primary amides is 1. The number of rotatable bonds is 8. The van der Waals surface area contributed by atoms with Crippen molar-refractivity contribution in [2.45, 2.75) is 25.9 Å². The van der Waals surface area contributed by atoms with Crippen molar-refractivity contribution in [3.05, 3.63) is 101 Å². The highest BCUT2D eigenvalue weighted by atomic mass is 16.2. The largest absolute Gasteiger partial charge is 0.352 e. The van der Waals surface area contributed by atoms with Crippen LogP contribution in [0.2, 0.25) is 0 Å². The van der Waals surface area contributed by atoms with Crippen molar-refractivity contribution in [1.82, 2.24) is 36.4 Å². The highest BCUT2D eigenvalue weighted by Gasteiger charge is 2.18. The Morgan fingerprint density at radius 3 is 2.30 bits per heavy atom. The van der Waals surface area contributed by atoms with E-state index < -0.39 is 23.9 Å². The molecule has 0 saturated carbocycles. The summed E-state index contributed by atoms with van der Waals surface area (Å²) in [6.45, 7) is 2.31. The number of hydrogen-bond donors (Lipinski definition) is 4. The molecule has 5 N–H and O–H groups in total. The first-order chi connectivity index (χ1) is 17.9. The summed E-state index contributed by atoms with van der Waals surface area (Å²) >= 11 is 0. The average Bonchev–Trinajstić information content (AvgIpc) is 3.36. The molecule has 11 heteroatoms. The zero-order valence-corrected chi connectivity index (χ0v) is 20.1. The summed E-state index contributed by atoms with van der Waals surface area (Å²) in [5.41, 5.74) is 13.9. The molecule has 11 nitrogen and oxygen atoms in total. The number of aryl methyl sites for hydroxylation is 1. The lowest BCUT2D eigenvalue weighted by Gasteiger charge is -2.18. The lowest BCUT2D eigenvalue weighted by molar-refractivity contribution is -0.122. The molecule has 1 atom stereocenters. The summed E-state index contributed by atoms with van der Waals surface area (Å²) < 4.78 is 0. The highest BCUT2D eigenvalue weighted by molar-refractivity contribution is 5.95. The minimum Gasteiger partial charge on any atom is -0.352 e. The molecule has 0 spiro atoms. The number of hydrogen-bond acceptors (Lipinski definition) is 6. The molecule has 0 aliphatic carbocycles. The summed E-state index contributed by atoms with van der Waals surface area (Å²) in [5, 5.41) is 15.1. The standard InChI is InChI=1S/C26H26N8O3/c1-17-7-11-19(12-8-17)22(28-26(27)37)15-23(35)29-31-25(36)21-13-9-18(10-14-21)16-34-32-24(30-33-34)20-5-3-2-4-6-20/h2-14,22H,15-16H2,1H3,(H,29,35)(H,31,36)(H3,27,28,37). The first-order valence-corrected chi connectivity index (χ1v) is 11.5. The summed E-state index contributed by atoms with van der Waals surface area (Å²) in [6.07, 6.45) is -0.110. The Balaban J connectivity index is 1.30. The van der Waals surface area contributed by atoms with Gasteiger partial charge < -0.3 is 11.1 Å². The van der Waals surface area contributed by atoms with E-state index in [9.17, 15) is 14.4 Å². The maximum Gasteiger partial charge on any atom is 0.312 e. The van der Waals surface area contributed by atoms with Gasteiger partial charge in [-0.05, 0) is 35.4 Å². The van der Waals surface area contributed by atoms with Gasteiger partial charge in [0.15, 0.2) is 0 Å². The summed E-state index contributed by atoms with van der Waals surface area (Å²) in [4.78, 5) is 37.8. The fourth-order valence-electron chi connectivity index (χ4n) is 3.60. The second-order valence-corrected chi connectivity index (χ2v) is 8.38. The van der Waals surface area contributed by atoms with Crippen molar-refractivity contribution in [3.8, 4) is 11.4 Å². The number of tetrazole rings is 1. The van der Waals surface area contributed by atoms with Crippen LogP contribution in [0.3, 0.4) is 0 Å². The third-order valence-corrected chi connectivity index (χ3v) is 5.53. The lowest BCUT2D eigenvalue weighted by atomic mass is 10.0. The molecule has 3 aromatic carbocycles. The Hall–Kier alpha value is -5.06. The number of aromatic nitrogens is 4. The van der Waals surface area contributed by atoms with Gasteiger partial charge in [-0.3, -0.25) is 20.4 Å². The van der Waals surface area contributed by atoms with Crippen LogP contribution in [-0.2, 0) is 11.3 Å². The van der Waals surface area contributed by atoms with Gasteiger partial charge in [0.25, 0.3) is 5.91 Å². The fourth-order valence-corrected chi connectivity index (χ4v) is 3.60. The number of carbonyl (C=O) groups excluding carboxylic acids is 3. The van der Waals surface area contributed by atoms with Crippen molar-refractivity contribution < 1.29 is 14.4 Å². The van der Waals surface area contributed by atoms with Gasteiger partial charge in [-0.15, -0.1) is 10.2 Å². The zero-order chi connectivity index (χ0) is 26.2. The molecule has 1 unspecified atom stereocenters. The Morgan fingerprint density at radius 1 is 0.919 bits per heavy atom. The summed E-state index contributed by atoms with van der Waals surface area (Å²) in [6, 6.07) is 22.3. The molecule has 0 saturated heterocycles. The van der Waals surface area contributed by atoms with E-state index in [0.717, 1.165) is 22.3 Å². The van der Waals surface area contributed by atoms with Crippen LogP contribution in [-0.4, -0.2) is 38.1 Å². The quantitative estimate of drug-likeness (QED) is 0.273. The van der Waals surface area contributed by atoms with Gasteiger partial charge in [0.05, 0.1) is 19.0 Å². The zero-order valence-electron chi connectivity index (χ0n) is 20.1. The van der Waals surface area contributed by atoms with E-state index in [-0.39, 0.29) is 6.42 Å². The van der Waals surface area contributed by atoms with Crippen molar-refractivity contribution in [2.75, 3.05) is 0 Å². The van der Waals surface area contributed by atoms with Crippen molar-refractivity contribution in [3.63, 3.8) is 0 Å². The maximum absolute atomic E-state index is 12.5. The van der Waals surface area contributed by atoms with E-state index in [4.69, 9.17) is 5.73 Å². The van der Waals surface area contributed by atoms with Crippen LogP contribution in [0.25, 0.3) is 11.4 Å². The molecule has 4 rings (SSSR count). The van der Waals surface area contributed by atoms with E-state index >= 15 is 0 Å². The van der Waals surface area contributed by atoms with Crippen molar-refractivity contribution >= 4 is 17.8 Å². The molecular formula is C26H26N8O3. The first kappa shape index (κ1) is 25.0. The van der Waals surface area contributed by atoms with Crippen molar-refractivity contribution in [1.29, 1.82) is 0 Å². The van der Waals surface area contributed by atoms with Gasteiger partial charge in [-0.1, -0.05) is 72.3 Å². The Labute approximate surface area is 213 Å². The molecular weight excluding hydrogens is 472 g/mol. The second-order valence-electron chi connectivity index (χ2n) is 8.38. The van der Waals surface area contributed by atoms with E-state index in [2.05, 4.69) is 31.6 Å². The molecule has 0 fully saturated rings. The molecule has 4 amide bonds. The van der Waals surface area contributed by atoms with Crippen LogP contribution in [0.5, 0.6) is 0 Å². The smallest absolute Gasteiger partial charge is 0.312 e. The number of nitrogens with one attached hydrogen (secondary N) is 3. The summed E-state index contributed by atoms with van der Waals surface area (Å²) in [7, 11) is 0.